The maximum Gasteiger partial charge on any atom is 0.0734 e. The topological polar surface area (TPSA) is 40.5 Å². The number of hydrogen-bond donors (Lipinski definition) is 2. The third-order valence-electron chi connectivity index (χ3n) is 7.92. The molecule has 0 aromatic carbocycles. The second-order valence-electron chi connectivity index (χ2n) is 13.2. The summed E-state index contributed by atoms with van der Waals surface area (Å²) in [4.78, 5) is 0. The first kappa shape index (κ1) is 35.0. The molecule has 226 valence electrons. The van der Waals surface area contributed by atoms with E-state index in [1.165, 1.54) is 33.4 Å². The van der Waals surface area contributed by atoms with Crippen molar-refractivity contribution in [2.75, 3.05) is 0 Å². The van der Waals surface area contributed by atoms with E-state index in [2.05, 4.69) is 154 Å². The lowest BCUT2D eigenvalue weighted by molar-refractivity contribution is 0.160. The number of allylic oxidation sites excluding steroid dienone is 22. The van der Waals surface area contributed by atoms with Crippen LogP contribution >= 0.6 is 0 Å². The number of aliphatic hydroxyl groups excluding tert-OH is 2. The van der Waals surface area contributed by atoms with Crippen molar-refractivity contribution < 1.29 is 10.2 Å². The van der Waals surface area contributed by atoms with Crippen molar-refractivity contribution in [2.24, 2.45) is 10.8 Å². The fraction of sp³-hybridized carbons (Fsp3) is 0.400. The van der Waals surface area contributed by atoms with Gasteiger partial charge >= 0.3 is 0 Å². The molecule has 0 spiro atoms. The molecular formula is C40H54O2. The van der Waals surface area contributed by atoms with Crippen LogP contribution in [0.4, 0.5) is 0 Å². The number of hydrogen-bond acceptors (Lipinski definition) is 2. The van der Waals surface area contributed by atoms with E-state index in [1.807, 2.05) is 12.2 Å². The summed E-state index contributed by atoms with van der Waals surface area (Å²) in [5.41, 5.74) is 9.59. The van der Waals surface area contributed by atoms with Crippen LogP contribution in [0, 0.1) is 10.8 Å². The summed E-state index contributed by atoms with van der Waals surface area (Å²) in [5.74, 6) is 0. The summed E-state index contributed by atoms with van der Waals surface area (Å²) in [6.45, 7) is 21.4. The average Bonchev–Trinajstić information content (AvgIpc) is 2.84. The Morgan fingerprint density at radius 3 is 1.21 bits per heavy atom. The van der Waals surface area contributed by atoms with Crippen LogP contribution in [0.25, 0.3) is 0 Å². The van der Waals surface area contributed by atoms with Gasteiger partial charge in [-0.25, -0.2) is 0 Å². The largest absolute Gasteiger partial charge is 0.389 e. The Morgan fingerprint density at radius 1 is 0.571 bits per heavy atom. The van der Waals surface area contributed by atoms with Crippen LogP contribution in [0.1, 0.15) is 82.1 Å². The van der Waals surface area contributed by atoms with E-state index < -0.39 is 0 Å². The van der Waals surface area contributed by atoms with Crippen molar-refractivity contribution in [1.29, 1.82) is 0 Å². The molecule has 0 amide bonds. The molecule has 42 heavy (non-hydrogen) atoms. The van der Waals surface area contributed by atoms with Crippen molar-refractivity contribution in [3.05, 3.63) is 142 Å². The quantitative estimate of drug-likeness (QED) is 0.273. The molecule has 2 nitrogen and oxygen atoms in total. The van der Waals surface area contributed by atoms with Gasteiger partial charge in [0.1, 0.15) is 0 Å². The third kappa shape index (κ3) is 11.6. The number of rotatable bonds is 9. The van der Waals surface area contributed by atoms with Gasteiger partial charge < -0.3 is 10.2 Å². The highest BCUT2D eigenvalue weighted by Crippen LogP contribution is 2.41. The Balaban J connectivity index is 1.92. The standard InChI is InChI=1S/C40H54O2/c1-29(17-13-19-31(3)21-23-37-33(5)25-35(41)27-39(37,7)8)15-11-12-16-30(2)18-14-20-32(4)22-24-38-34(6)26-36(42)28-40(38,9)10/h11-26,35-36,41-42H,27-28H2,1-10H3/b15-11+,16-12+,19-13+,20-14+,29-17+,30-18+,31-21+,32-22+,37-23+,38-24+/t35-,36-/m1/s1. The van der Waals surface area contributed by atoms with Gasteiger partial charge in [0, 0.05) is 0 Å². The number of aliphatic hydroxyl groups is 2. The SMILES string of the molecule is CC1=C[C@@H](O)CC(C)(C)/C1=C/C=C(C)/C=C/C=C(C)/C=C/C=C/C(C)=C/C=C/C(C)=C/C=C1\C(C)=C[C@@H](O)CC1(C)C. The van der Waals surface area contributed by atoms with Gasteiger partial charge in [-0.2, -0.15) is 0 Å². The molecule has 0 aromatic heterocycles. The van der Waals surface area contributed by atoms with E-state index in [1.54, 1.807) is 0 Å². The lowest BCUT2D eigenvalue weighted by Crippen LogP contribution is -2.27. The van der Waals surface area contributed by atoms with Crippen LogP contribution < -0.4 is 0 Å². The normalized spacial score (nSPS) is 26.4. The molecule has 0 saturated carbocycles. The first-order valence-electron chi connectivity index (χ1n) is 15.2. The van der Waals surface area contributed by atoms with Crippen molar-refractivity contribution >= 4 is 0 Å². The van der Waals surface area contributed by atoms with Gasteiger partial charge in [-0.1, -0.05) is 147 Å². The molecule has 2 atom stereocenters. The highest BCUT2D eigenvalue weighted by Gasteiger charge is 2.31. The van der Waals surface area contributed by atoms with Crippen LogP contribution in [0.2, 0.25) is 0 Å². The van der Waals surface area contributed by atoms with Crippen molar-refractivity contribution in [1.82, 2.24) is 0 Å². The van der Waals surface area contributed by atoms with Crippen molar-refractivity contribution in [3.63, 3.8) is 0 Å². The smallest absolute Gasteiger partial charge is 0.0734 e. The molecule has 0 fully saturated rings. The predicted molar refractivity (Wildman–Crippen MR) is 184 cm³/mol. The van der Waals surface area contributed by atoms with E-state index in [4.69, 9.17) is 0 Å². The van der Waals surface area contributed by atoms with Gasteiger partial charge in [0.25, 0.3) is 0 Å². The molecule has 2 N–H and O–H groups in total. The predicted octanol–water partition coefficient (Wildman–Crippen LogP) is 10.3. The zero-order chi connectivity index (χ0) is 31.5. The Bertz CT molecular complexity index is 1230. The average molecular weight is 567 g/mol. The summed E-state index contributed by atoms with van der Waals surface area (Å²) >= 11 is 0. The molecule has 2 rings (SSSR count). The summed E-state index contributed by atoms with van der Waals surface area (Å²) in [5, 5.41) is 20.1. The molecule has 0 radical (unpaired) electrons. The second-order valence-corrected chi connectivity index (χ2v) is 13.2. The molecule has 0 aromatic rings. The Morgan fingerprint density at radius 2 is 0.881 bits per heavy atom. The lowest BCUT2D eigenvalue weighted by atomic mass is 9.72. The van der Waals surface area contributed by atoms with Gasteiger partial charge in [-0.3, -0.25) is 0 Å². The summed E-state index contributed by atoms with van der Waals surface area (Å²) < 4.78 is 0. The van der Waals surface area contributed by atoms with Crippen LogP contribution in [0.3, 0.4) is 0 Å². The van der Waals surface area contributed by atoms with Crippen LogP contribution in [0.5, 0.6) is 0 Å². The molecule has 2 aliphatic rings. The minimum absolute atomic E-state index is 0.0267. The van der Waals surface area contributed by atoms with Gasteiger partial charge in [-0.15, -0.1) is 0 Å². The summed E-state index contributed by atoms with van der Waals surface area (Å²) in [6, 6.07) is 0. The van der Waals surface area contributed by atoms with E-state index in [0.29, 0.717) is 0 Å². The minimum Gasteiger partial charge on any atom is -0.389 e. The van der Waals surface area contributed by atoms with Gasteiger partial charge in [0.15, 0.2) is 0 Å². The van der Waals surface area contributed by atoms with Gasteiger partial charge in [0.05, 0.1) is 12.2 Å². The zero-order valence-electron chi connectivity index (χ0n) is 27.7. The fourth-order valence-corrected chi connectivity index (χ4v) is 5.69. The Labute approximate surface area is 256 Å². The van der Waals surface area contributed by atoms with Gasteiger partial charge in [-0.05, 0) is 87.5 Å². The molecule has 0 aliphatic heterocycles. The first-order valence-corrected chi connectivity index (χ1v) is 15.2. The molecular weight excluding hydrogens is 512 g/mol. The zero-order valence-corrected chi connectivity index (χ0v) is 27.7. The lowest BCUT2D eigenvalue weighted by Gasteiger charge is -2.34. The minimum atomic E-state index is -0.352. The van der Waals surface area contributed by atoms with Crippen LogP contribution in [0.15, 0.2) is 142 Å². The van der Waals surface area contributed by atoms with Crippen LogP contribution in [-0.4, -0.2) is 22.4 Å². The maximum atomic E-state index is 10.0. The molecule has 0 bridgehead atoms. The fourth-order valence-electron chi connectivity index (χ4n) is 5.69. The Hall–Kier alpha value is -3.20. The third-order valence-corrected chi connectivity index (χ3v) is 7.92. The molecule has 0 unspecified atom stereocenters. The summed E-state index contributed by atoms with van der Waals surface area (Å²) in [6.07, 6.45) is 34.4. The molecule has 2 aliphatic carbocycles. The highest BCUT2D eigenvalue weighted by molar-refractivity contribution is 5.43. The molecule has 0 saturated heterocycles. The summed E-state index contributed by atoms with van der Waals surface area (Å²) in [7, 11) is 0. The monoisotopic (exact) mass is 566 g/mol. The molecule has 2 heteroatoms. The van der Waals surface area contributed by atoms with Gasteiger partial charge in [0.2, 0.25) is 0 Å². The van der Waals surface area contributed by atoms with Crippen molar-refractivity contribution in [3.8, 4) is 0 Å². The Kier molecular flexibility index (Phi) is 13.2. The maximum absolute atomic E-state index is 10.0. The first-order chi connectivity index (χ1) is 19.6. The van der Waals surface area contributed by atoms with E-state index in [0.717, 1.165) is 24.0 Å². The van der Waals surface area contributed by atoms with Crippen molar-refractivity contribution in [2.45, 2.75) is 94.3 Å². The van der Waals surface area contributed by atoms with E-state index >= 15 is 0 Å². The highest BCUT2D eigenvalue weighted by atomic mass is 16.3. The van der Waals surface area contributed by atoms with E-state index in [9.17, 15) is 10.2 Å². The molecule has 0 heterocycles. The van der Waals surface area contributed by atoms with Crippen LogP contribution in [-0.2, 0) is 0 Å². The second kappa shape index (κ2) is 15.9. The van der Waals surface area contributed by atoms with E-state index in [-0.39, 0.29) is 23.0 Å².